The molecule has 0 radical (unpaired) electrons. The van der Waals surface area contributed by atoms with Gasteiger partial charge in [-0.15, -0.1) is 0 Å². The second-order valence-corrected chi connectivity index (χ2v) is 7.44. The van der Waals surface area contributed by atoms with Gasteiger partial charge < -0.3 is 15.5 Å². The largest absolute Gasteiger partial charge is 0.314 e. The second-order valence-electron chi connectivity index (χ2n) is 7.44. The zero-order chi connectivity index (χ0) is 13.8. The quantitative estimate of drug-likeness (QED) is 0.826. The Hall–Kier alpha value is -0.120. The molecular weight excluding hydrogens is 246 g/mol. The van der Waals surface area contributed by atoms with Crippen LogP contribution in [0, 0.1) is 11.8 Å². The summed E-state index contributed by atoms with van der Waals surface area (Å²) in [5, 5.41) is 7.73. The minimum atomic E-state index is 0.784. The number of hydrogen-bond acceptors (Lipinski definition) is 3. The van der Waals surface area contributed by atoms with E-state index in [9.17, 15) is 0 Å². The lowest BCUT2D eigenvalue weighted by molar-refractivity contribution is 0.174. The van der Waals surface area contributed by atoms with Crippen LogP contribution in [0.25, 0.3) is 0 Å². The smallest absolute Gasteiger partial charge is 0.0111 e. The maximum Gasteiger partial charge on any atom is 0.0111 e. The third-order valence-corrected chi connectivity index (χ3v) is 5.83. The minimum absolute atomic E-state index is 0.784. The highest BCUT2D eigenvalue weighted by molar-refractivity contribution is 4.92. The Bertz CT molecular complexity index is 288. The normalized spacial score (nSPS) is 40.0. The molecule has 20 heavy (non-hydrogen) atoms. The van der Waals surface area contributed by atoms with Crippen molar-refractivity contribution in [3.05, 3.63) is 0 Å². The van der Waals surface area contributed by atoms with E-state index in [0.717, 1.165) is 23.9 Å². The Balaban J connectivity index is 1.48. The average Bonchev–Trinajstić information content (AvgIpc) is 3.00. The molecule has 2 N–H and O–H groups in total. The van der Waals surface area contributed by atoms with Gasteiger partial charge in [0.15, 0.2) is 0 Å². The molecule has 2 aliphatic heterocycles. The molecule has 2 heterocycles. The average molecular weight is 279 g/mol. The van der Waals surface area contributed by atoms with Crippen LogP contribution in [-0.2, 0) is 0 Å². The Morgan fingerprint density at radius 2 is 1.95 bits per heavy atom. The number of likely N-dealkylation sites (tertiary alicyclic amines) is 1. The number of nitrogens with one attached hydrogen (secondary N) is 2. The van der Waals surface area contributed by atoms with Gasteiger partial charge in [0.1, 0.15) is 0 Å². The Morgan fingerprint density at radius 1 is 1.05 bits per heavy atom. The van der Waals surface area contributed by atoms with E-state index in [1.807, 2.05) is 0 Å². The first-order valence-corrected chi connectivity index (χ1v) is 8.98. The summed E-state index contributed by atoms with van der Waals surface area (Å²) < 4.78 is 0. The van der Waals surface area contributed by atoms with Gasteiger partial charge in [-0.1, -0.05) is 12.8 Å². The summed E-state index contributed by atoms with van der Waals surface area (Å²) >= 11 is 0. The fourth-order valence-electron chi connectivity index (χ4n) is 4.73. The van der Waals surface area contributed by atoms with Crippen molar-refractivity contribution in [3.8, 4) is 0 Å². The van der Waals surface area contributed by atoms with Gasteiger partial charge in [-0.25, -0.2) is 0 Å². The Labute approximate surface area is 124 Å². The molecule has 0 aromatic rings. The van der Waals surface area contributed by atoms with E-state index in [1.165, 1.54) is 77.5 Å². The summed E-state index contributed by atoms with van der Waals surface area (Å²) in [6.45, 7) is 5.10. The third kappa shape index (κ3) is 3.75. The van der Waals surface area contributed by atoms with Gasteiger partial charge >= 0.3 is 0 Å². The SMILES string of the molecule is CN1CCCC(CNC2CCCCC2C2CCCN2)C1. The number of nitrogens with zero attached hydrogens (tertiary/aromatic N) is 1. The molecule has 3 nitrogen and oxygen atoms in total. The Morgan fingerprint density at radius 3 is 2.75 bits per heavy atom. The highest BCUT2D eigenvalue weighted by Gasteiger charge is 2.33. The molecule has 4 atom stereocenters. The van der Waals surface area contributed by atoms with Crippen molar-refractivity contribution < 1.29 is 0 Å². The number of rotatable bonds is 4. The summed E-state index contributed by atoms with van der Waals surface area (Å²) in [6, 6.07) is 1.59. The first kappa shape index (κ1) is 14.8. The van der Waals surface area contributed by atoms with Crippen LogP contribution in [0.15, 0.2) is 0 Å². The number of piperidine rings is 1. The van der Waals surface area contributed by atoms with Crippen molar-refractivity contribution >= 4 is 0 Å². The van der Waals surface area contributed by atoms with E-state index in [4.69, 9.17) is 0 Å². The molecule has 2 saturated heterocycles. The predicted molar refractivity (Wildman–Crippen MR) is 85.0 cm³/mol. The van der Waals surface area contributed by atoms with Crippen molar-refractivity contribution in [1.82, 2.24) is 15.5 Å². The maximum absolute atomic E-state index is 3.97. The molecule has 1 saturated carbocycles. The summed E-state index contributed by atoms with van der Waals surface area (Å²) in [6.07, 6.45) is 11.4. The summed E-state index contributed by atoms with van der Waals surface area (Å²) in [7, 11) is 2.28. The lowest BCUT2D eigenvalue weighted by Gasteiger charge is -2.38. The lowest BCUT2D eigenvalue weighted by atomic mass is 9.79. The van der Waals surface area contributed by atoms with Crippen LogP contribution in [0.2, 0.25) is 0 Å². The lowest BCUT2D eigenvalue weighted by Crippen LogP contribution is -2.49. The highest BCUT2D eigenvalue weighted by atomic mass is 15.1. The fourth-order valence-corrected chi connectivity index (χ4v) is 4.73. The predicted octanol–water partition coefficient (Wildman–Crippen LogP) is 2.23. The molecule has 3 fully saturated rings. The molecule has 0 amide bonds. The first-order chi connectivity index (χ1) is 9.83. The van der Waals surface area contributed by atoms with Crippen LogP contribution < -0.4 is 10.6 Å². The van der Waals surface area contributed by atoms with Crippen molar-refractivity contribution in [1.29, 1.82) is 0 Å². The van der Waals surface area contributed by atoms with Gasteiger partial charge in [-0.3, -0.25) is 0 Å². The molecule has 0 spiro atoms. The summed E-state index contributed by atoms with van der Waals surface area (Å²) in [5.41, 5.74) is 0. The van der Waals surface area contributed by atoms with Crippen LogP contribution in [0.5, 0.6) is 0 Å². The van der Waals surface area contributed by atoms with Crippen molar-refractivity contribution in [3.63, 3.8) is 0 Å². The molecule has 1 aliphatic carbocycles. The van der Waals surface area contributed by atoms with Crippen LogP contribution in [0.4, 0.5) is 0 Å². The molecule has 116 valence electrons. The fraction of sp³-hybridized carbons (Fsp3) is 1.00. The summed E-state index contributed by atoms with van der Waals surface area (Å²) in [5.74, 6) is 1.78. The van der Waals surface area contributed by atoms with E-state index in [1.54, 1.807) is 0 Å². The van der Waals surface area contributed by atoms with Crippen LogP contribution in [-0.4, -0.2) is 50.2 Å². The van der Waals surface area contributed by atoms with Crippen LogP contribution in [0.3, 0.4) is 0 Å². The zero-order valence-corrected chi connectivity index (χ0v) is 13.2. The van der Waals surface area contributed by atoms with E-state index in [2.05, 4.69) is 22.6 Å². The first-order valence-electron chi connectivity index (χ1n) is 8.98. The van der Waals surface area contributed by atoms with Gasteiger partial charge in [0.05, 0.1) is 0 Å². The summed E-state index contributed by atoms with van der Waals surface area (Å²) in [4.78, 5) is 2.51. The molecule has 0 aromatic carbocycles. The van der Waals surface area contributed by atoms with E-state index >= 15 is 0 Å². The molecular formula is C17H33N3. The van der Waals surface area contributed by atoms with Crippen LogP contribution in [0.1, 0.15) is 51.4 Å². The van der Waals surface area contributed by atoms with E-state index in [0.29, 0.717) is 0 Å². The van der Waals surface area contributed by atoms with Gasteiger partial charge in [0.2, 0.25) is 0 Å². The van der Waals surface area contributed by atoms with Gasteiger partial charge in [0.25, 0.3) is 0 Å². The zero-order valence-electron chi connectivity index (χ0n) is 13.2. The highest BCUT2D eigenvalue weighted by Crippen LogP contribution is 2.31. The van der Waals surface area contributed by atoms with Crippen molar-refractivity contribution in [2.24, 2.45) is 11.8 Å². The van der Waals surface area contributed by atoms with Gasteiger partial charge in [0, 0.05) is 18.6 Å². The molecule has 3 heteroatoms. The van der Waals surface area contributed by atoms with E-state index < -0.39 is 0 Å². The van der Waals surface area contributed by atoms with Crippen molar-refractivity contribution in [2.75, 3.05) is 33.2 Å². The van der Waals surface area contributed by atoms with Gasteiger partial charge in [-0.2, -0.15) is 0 Å². The van der Waals surface area contributed by atoms with E-state index in [-0.39, 0.29) is 0 Å². The third-order valence-electron chi connectivity index (χ3n) is 5.83. The molecule has 0 aromatic heterocycles. The molecule has 0 bridgehead atoms. The standard InChI is InChI=1S/C17H33N3/c1-20-11-5-6-14(13-20)12-19-17-8-3-2-7-15(17)16-9-4-10-18-16/h14-19H,2-13H2,1H3. The molecule has 4 unspecified atom stereocenters. The minimum Gasteiger partial charge on any atom is -0.314 e. The maximum atomic E-state index is 3.97. The van der Waals surface area contributed by atoms with Gasteiger partial charge in [-0.05, 0) is 77.0 Å². The molecule has 3 aliphatic rings. The second kappa shape index (κ2) is 7.24. The Kier molecular flexibility index (Phi) is 5.36. The monoisotopic (exact) mass is 279 g/mol. The van der Waals surface area contributed by atoms with Crippen LogP contribution >= 0.6 is 0 Å². The topological polar surface area (TPSA) is 27.3 Å². The van der Waals surface area contributed by atoms with Crippen molar-refractivity contribution in [2.45, 2.75) is 63.5 Å². The number of hydrogen-bond donors (Lipinski definition) is 2. The molecule has 3 rings (SSSR count).